The van der Waals surface area contributed by atoms with E-state index in [1.54, 1.807) is 4.68 Å². The quantitative estimate of drug-likeness (QED) is 0.373. The molecule has 3 rings (SSSR count). The Morgan fingerprint density at radius 1 is 1.17 bits per heavy atom. The van der Waals surface area contributed by atoms with Gasteiger partial charge in [0.2, 0.25) is 0 Å². The number of thioether (sulfide) groups is 1. The molecule has 1 heterocycles. The number of ether oxygens (including phenoxy) is 1. The summed E-state index contributed by atoms with van der Waals surface area (Å²) in [6.07, 6.45) is 1.92. The number of nitrogens with zero attached hydrogens (tertiary/aromatic N) is 2. The molecule has 0 fully saturated rings. The number of halogens is 1. The number of hydrogen-bond acceptors (Lipinski definition) is 4. The molecule has 1 aromatic heterocycles. The van der Waals surface area contributed by atoms with Gasteiger partial charge < -0.3 is 4.74 Å². The highest BCUT2D eigenvalue weighted by Gasteiger charge is 2.10. The molecule has 0 unspecified atom stereocenters. The third-order valence-corrected chi connectivity index (χ3v) is 4.46. The number of aromatic nitrogens is 2. The van der Waals surface area contributed by atoms with E-state index in [1.165, 1.54) is 18.7 Å². The molecule has 0 aliphatic heterocycles. The van der Waals surface area contributed by atoms with Crippen molar-refractivity contribution in [3.63, 3.8) is 0 Å². The van der Waals surface area contributed by atoms with Gasteiger partial charge in [-0.15, -0.1) is 0 Å². The first-order valence-electron chi connectivity index (χ1n) is 7.30. The molecule has 0 aliphatic rings. The van der Waals surface area contributed by atoms with Crippen LogP contribution in [0.4, 0.5) is 0 Å². The lowest BCUT2D eigenvalue weighted by Gasteiger charge is -2.03. The molecule has 6 heteroatoms. The van der Waals surface area contributed by atoms with Gasteiger partial charge in [0.25, 0.3) is 0 Å². The van der Waals surface area contributed by atoms with Crippen molar-refractivity contribution in [1.82, 2.24) is 9.78 Å². The maximum absolute atomic E-state index is 10.8. The molecule has 0 aliphatic carbocycles. The van der Waals surface area contributed by atoms with Crippen LogP contribution >= 0.6 is 23.4 Å². The first-order valence-corrected chi connectivity index (χ1v) is 8.67. The molecule has 0 bridgehead atoms. The lowest BCUT2D eigenvalue weighted by molar-refractivity contribution is -0.138. The van der Waals surface area contributed by atoms with Gasteiger partial charge in [-0.05, 0) is 29.8 Å². The zero-order chi connectivity index (χ0) is 16.9. The van der Waals surface area contributed by atoms with Crippen molar-refractivity contribution in [3.8, 4) is 16.8 Å². The lowest BCUT2D eigenvalue weighted by Crippen LogP contribution is -1.96. The van der Waals surface area contributed by atoms with Crippen LogP contribution in [0, 0.1) is 0 Å². The van der Waals surface area contributed by atoms with E-state index in [-0.39, 0.29) is 5.97 Å². The molecule has 0 N–H and O–H groups in total. The number of carbonyl (C=O) groups excluding carboxylic acids is 1. The van der Waals surface area contributed by atoms with Gasteiger partial charge in [0.15, 0.2) is 5.15 Å². The minimum absolute atomic E-state index is 0.278. The van der Waals surface area contributed by atoms with Gasteiger partial charge in [-0.3, -0.25) is 4.79 Å². The SMILES string of the molecule is CC(=O)OCSc1ccc(-c2cn(-c3ccccc3)nc2Cl)cc1. The van der Waals surface area contributed by atoms with Crippen LogP contribution in [-0.4, -0.2) is 21.7 Å². The molecule has 24 heavy (non-hydrogen) atoms. The topological polar surface area (TPSA) is 44.1 Å². The van der Waals surface area contributed by atoms with Gasteiger partial charge in [0.1, 0.15) is 5.94 Å². The summed E-state index contributed by atoms with van der Waals surface area (Å²) < 4.78 is 6.69. The highest BCUT2D eigenvalue weighted by atomic mass is 35.5. The predicted molar refractivity (Wildman–Crippen MR) is 96.5 cm³/mol. The minimum atomic E-state index is -0.278. The molecule has 122 valence electrons. The van der Waals surface area contributed by atoms with Gasteiger partial charge in [-0.2, -0.15) is 5.10 Å². The fraction of sp³-hybridized carbons (Fsp3) is 0.111. The van der Waals surface area contributed by atoms with Crippen LogP contribution in [0.25, 0.3) is 16.8 Å². The van der Waals surface area contributed by atoms with Crippen molar-refractivity contribution in [2.75, 3.05) is 5.94 Å². The summed E-state index contributed by atoms with van der Waals surface area (Å²) in [6.45, 7) is 1.40. The summed E-state index contributed by atoms with van der Waals surface area (Å²) in [5.41, 5.74) is 2.82. The molecule has 0 amide bonds. The zero-order valence-electron chi connectivity index (χ0n) is 13.0. The molecule has 2 aromatic carbocycles. The number of carbonyl (C=O) groups is 1. The van der Waals surface area contributed by atoms with Crippen molar-refractivity contribution in [1.29, 1.82) is 0 Å². The smallest absolute Gasteiger partial charge is 0.303 e. The van der Waals surface area contributed by atoms with Crippen LogP contribution in [0.2, 0.25) is 5.15 Å². The summed E-state index contributed by atoms with van der Waals surface area (Å²) >= 11 is 7.76. The average molecular weight is 359 g/mol. The second kappa shape index (κ2) is 7.55. The predicted octanol–water partition coefficient (Wildman–Crippen LogP) is 4.81. The molecule has 0 atom stereocenters. The Bertz CT molecular complexity index is 832. The molecule has 0 saturated heterocycles. The number of para-hydroxylation sites is 1. The first kappa shape index (κ1) is 16.6. The van der Waals surface area contributed by atoms with Crippen molar-refractivity contribution in [3.05, 3.63) is 65.9 Å². The zero-order valence-corrected chi connectivity index (χ0v) is 14.6. The molecule has 4 nitrogen and oxygen atoms in total. The molecule has 0 saturated carbocycles. The van der Waals surface area contributed by atoms with Crippen LogP contribution < -0.4 is 0 Å². The van der Waals surface area contributed by atoms with Gasteiger partial charge in [0.05, 0.1) is 5.69 Å². The van der Waals surface area contributed by atoms with E-state index in [2.05, 4.69) is 5.10 Å². The van der Waals surface area contributed by atoms with E-state index in [9.17, 15) is 4.79 Å². The van der Waals surface area contributed by atoms with E-state index < -0.39 is 0 Å². The molecule has 0 spiro atoms. The average Bonchev–Trinajstić information content (AvgIpc) is 2.98. The van der Waals surface area contributed by atoms with Crippen molar-refractivity contribution in [2.45, 2.75) is 11.8 Å². The standard InChI is InChI=1S/C18H15ClN2O2S/c1-13(22)23-12-24-16-9-7-14(8-10-16)17-11-21(20-18(17)19)15-5-3-2-4-6-15/h2-11H,12H2,1H3. The molecular formula is C18H15ClN2O2S. The monoisotopic (exact) mass is 358 g/mol. The highest BCUT2D eigenvalue weighted by molar-refractivity contribution is 7.99. The fourth-order valence-corrected chi connectivity index (χ4v) is 3.10. The number of esters is 1. The Labute approximate surface area is 149 Å². The molecular weight excluding hydrogens is 344 g/mol. The van der Waals surface area contributed by atoms with E-state index in [4.69, 9.17) is 16.3 Å². The normalized spacial score (nSPS) is 10.6. The van der Waals surface area contributed by atoms with Gasteiger partial charge in [-0.25, -0.2) is 4.68 Å². The Morgan fingerprint density at radius 3 is 2.54 bits per heavy atom. The van der Waals surface area contributed by atoms with E-state index in [0.717, 1.165) is 21.7 Å². The number of benzene rings is 2. The maximum atomic E-state index is 10.8. The Morgan fingerprint density at radius 2 is 1.88 bits per heavy atom. The summed E-state index contributed by atoms with van der Waals surface area (Å²) in [4.78, 5) is 11.8. The maximum Gasteiger partial charge on any atom is 0.303 e. The third-order valence-electron chi connectivity index (χ3n) is 3.34. The largest absolute Gasteiger partial charge is 0.454 e. The van der Waals surface area contributed by atoms with Crippen LogP contribution in [-0.2, 0) is 9.53 Å². The summed E-state index contributed by atoms with van der Waals surface area (Å²) in [5.74, 6) is 0.0284. The van der Waals surface area contributed by atoms with Gasteiger partial charge in [0, 0.05) is 23.6 Å². The molecule has 3 aromatic rings. The second-order valence-electron chi connectivity index (χ2n) is 5.04. The van der Waals surface area contributed by atoms with E-state index >= 15 is 0 Å². The van der Waals surface area contributed by atoms with E-state index in [1.807, 2.05) is 60.8 Å². The molecule has 0 radical (unpaired) electrons. The van der Waals surface area contributed by atoms with Crippen molar-refractivity contribution < 1.29 is 9.53 Å². The van der Waals surface area contributed by atoms with Crippen LogP contribution in [0.15, 0.2) is 65.7 Å². The Hall–Kier alpha value is -2.24. The van der Waals surface area contributed by atoms with Crippen molar-refractivity contribution in [2.24, 2.45) is 0 Å². The minimum Gasteiger partial charge on any atom is -0.454 e. The summed E-state index contributed by atoms with van der Waals surface area (Å²) in [7, 11) is 0. The highest BCUT2D eigenvalue weighted by Crippen LogP contribution is 2.30. The van der Waals surface area contributed by atoms with Gasteiger partial charge >= 0.3 is 5.97 Å². The summed E-state index contributed by atoms with van der Waals surface area (Å²) in [6, 6.07) is 17.7. The Kier molecular flexibility index (Phi) is 5.23. The second-order valence-corrected chi connectivity index (χ2v) is 6.39. The number of rotatable bonds is 5. The Balaban J connectivity index is 1.77. The third kappa shape index (κ3) is 3.99. The summed E-state index contributed by atoms with van der Waals surface area (Å²) in [5, 5.41) is 4.83. The van der Waals surface area contributed by atoms with Crippen molar-refractivity contribution >= 4 is 29.3 Å². The van der Waals surface area contributed by atoms with Crippen LogP contribution in [0.5, 0.6) is 0 Å². The lowest BCUT2D eigenvalue weighted by atomic mass is 10.1. The number of hydrogen-bond donors (Lipinski definition) is 0. The van der Waals surface area contributed by atoms with E-state index in [0.29, 0.717) is 11.1 Å². The first-order chi connectivity index (χ1) is 11.6. The van der Waals surface area contributed by atoms with Crippen LogP contribution in [0.3, 0.4) is 0 Å². The fourth-order valence-electron chi connectivity index (χ4n) is 2.17. The van der Waals surface area contributed by atoms with Gasteiger partial charge in [-0.1, -0.05) is 53.7 Å². The van der Waals surface area contributed by atoms with Crippen LogP contribution in [0.1, 0.15) is 6.92 Å².